The Morgan fingerprint density at radius 1 is 1.09 bits per heavy atom. The predicted molar refractivity (Wildman–Crippen MR) is 82.7 cm³/mol. The van der Waals surface area contributed by atoms with Crippen LogP contribution in [0.2, 0.25) is 0 Å². The largest absolute Gasteiger partial charge is 0.481 e. The normalized spacial score (nSPS) is 24.0. The third-order valence-electron chi connectivity index (χ3n) is 4.67. The van der Waals surface area contributed by atoms with E-state index in [0.717, 1.165) is 5.56 Å². The number of hydrogen-bond acceptors (Lipinski definition) is 2. The Kier molecular flexibility index (Phi) is 3.24. The maximum atomic E-state index is 12.7. The fraction of sp³-hybridized carbons (Fsp3) is 0.222. The van der Waals surface area contributed by atoms with Crippen molar-refractivity contribution in [2.24, 2.45) is 0 Å². The van der Waals surface area contributed by atoms with Gasteiger partial charge < -0.3 is 10.0 Å². The molecule has 1 aliphatic heterocycles. The summed E-state index contributed by atoms with van der Waals surface area (Å²) in [4.78, 5) is 26.3. The van der Waals surface area contributed by atoms with Gasteiger partial charge in [0, 0.05) is 12.6 Å². The lowest BCUT2D eigenvalue weighted by molar-refractivity contribution is -0.142. The van der Waals surface area contributed by atoms with Gasteiger partial charge in [0.2, 0.25) is 0 Å². The zero-order valence-electron chi connectivity index (χ0n) is 12.5. The Bertz CT molecular complexity index is 741. The van der Waals surface area contributed by atoms with Gasteiger partial charge in [-0.15, -0.1) is 0 Å². The number of carboxylic acid groups (broad SMARTS) is 1. The van der Waals surface area contributed by atoms with Crippen LogP contribution in [0.4, 0.5) is 0 Å². The Balaban J connectivity index is 2.30. The number of likely N-dealkylation sites (N-methyl/N-ethyl adjacent to an activating group) is 1. The quantitative estimate of drug-likeness (QED) is 0.927. The van der Waals surface area contributed by atoms with Crippen LogP contribution >= 0.6 is 0 Å². The van der Waals surface area contributed by atoms with Crippen LogP contribution in [0.5, 0.6) is 0 Å². The molecular weight excluding hydrogens is 278 g/mol. The van der Waals surface area contributed by atoms with E-state index in [1.54, 1.807) is 36.2 Å². The number of hydrogen-bond donors (Lipinski definition) is 1. The first-order valence-electron chi connectivity index (χ1n) is 7.13. The zero-order valence-corrected chi connectivity index (χ0v) is 12.5. The Morgan fingerprint density at radius 2 is 1.68 bits per heavy atom. The van der Waals surface area contributed by atoms with E-state index in [4.69, 9.17) is 0 Å². The summed E-state index contributed by atoms with van der Waals surface area (Å²) in [5.41, 5.74) is 0.918. The Morgan fingerprint density at radius 3 is 2.32 bits per heavy atom. The monoisotopic (exact) mass is 295 g/mol. The molecule has 2 aromatic carbocycles. The van der Waals surface area contributed by atoms with Crippen LogP contribution in [-0.2, 0) is 10.3 Å². The minimum atomic E-state index is -0.932. The smallest absolute Gasteiger partial charge is 0.313 e. The number of benzene rings is 2. The summed E-state index contributed by atoms with van der Waals surface area (Å²) in [6.07, 6.45) is 0. The number of rotatable bonds is 2. The summed E-state index contributed by atoms with van der Waals surface area (Å²) in [5, 5.41) is 9.85. The van der Waals surface area contributed by atoms with Crippen LogP contribution in [0.1, 0.15) is 34.3 Å². The maximum Gasteiger partial charge on any atom is 0.313 e. The van der Waals surface area contributed by atoms with E-state index in [1.807, 2.05) is 37.3 Å². The van der Waals surface area contributed by atoms with Gasteiger partial charge in [-0.1, -0.05) is 48.5 Å². The number of fused-ring (bicyclic) bond motifs is 1. The van der Waals surface area contributed by atoms with Crippen molar-refractivity contribution in [1.82, 2.24) is 4.90 Å². The number of amides is 1. The van der Waals surface area contributed by atoms with Crippen LogP contribution in [0.3, 0.4) is 0 Å². The minimum Gasteiger partial charge on any atom is -0.481 e. The molecule has 0 unspecified atom stereocenters. The van der Waals surface area contributed by atoms with Crippen molar-refractivity contribution in [3.8, 4) is 0 Å². The van der Waals surface area contributed by atoms with E-state index in [9.17, 15) is 14.7 Å². The van der Waals surface area contributed by atoms with E-state index in [2.05, 4.69) is 0 Å². The van der Waals surface area contributed by atoms with Gasteiger partial charge in [0.1, 0.15) is 5.92 Å². The first-order chi connectivity index (χ1) is 10.5. The molecule has 1 amide bonds. The summed E-state index contributed by atoms with van der Waals surface area (Å²) in [6.45, 7) is 1.81. The molecular formula is C18H17NO3. The number of aliphatic carboxylic acids is 1. The molecule has 0 saturated carbocycles. The molecule has 2 aromatic rings. The lowest BCUT2D eigenvalue weighted by Crippen LogP contribution is -2.54. The van der Waals surface area contributed by atoms with E-state index >= 15 is 0 Å². The molecule has 1 N–H and O–H groups in total. The van der Waals surface area contributed by atoms with Crippen molar-refractivity contribution in [2.45, 2.75) is 18.4 Å². The summed E-state index contributed by atoms with van der Waals surface area (Å²) in [5.74, 6) is -1.90. The number of nitrogens with zero attached hydrogens (tertiary/aromatic N) is 1. The molecule has 0 fully saturated rings. The highest BCUT2D eigenvalue weighted by Crippen LogP contribution is 2.46. The highest BCUT2D eigenvalue weighted by molar-refractivity contribution is 6.00. The van der Waals surface area contributed by atoms with Crippen LogP contribution in [0.25, 0.3) is 0 Å². The summed E-state index contributed by atoms with van der Waals surface area (Å²) >= 11 is 0. The lowest BCUT2D eigenvalue weighted by atomic mass is 9.70. The topological polar surface area (TPSA) is 57.6 Å². The van der Waals surface area contributed by atoms with Crippen LogP contribution in [0.15, 0.2) is 54.6 Å². The average molecular weight is 295 g/mol. The molecule has 22 heavy (non-hydrogen) atoms. The van der Waals surface area contributed by atoms with Crippen molar-refractivity contribution >= 4 is 11.9 Å². The molecule has 1 aliphatic rings. The molecule has 0 radical (unpaired) electrons. The van der Waals surface area contributed by atoms with Crippen molar-refractivity contribution in [3.63, 3.8) is 0 Å². The third kappa shape index (κ3) is 1.84. The first-order valence-corrected chi connectivity index (χ1v) is 7.13. The highest BCUT2D eigenvalue weighted by atomic mass is 16.4. The van der Waals surface area contributed by atoms with Crippen molar-refractivity contribution in [1.29, 1.82) is 0 Å². The highest BCUT2D eigenvalue weighted by Gasteiger charge is 2.51. The van der Waals surface area contributed by atoms with Gasteiger partial charge in [0.15, 0.2) is 0 Å². The number of carboxylic acids is 1. The summed E-state index contributed by atoms with van der Waals surface area (Å²) < 4.78 is 0. The predicted octanol–water partition coefficient (Wildman–Crippen LogP) is 2.86. The second-order valence-corrected chi connectivity index (χ2v) is 5.74. The zero-order chi connectivity index (χ0) is 15.9. The van der Waals surface area contributed by atoms with Crippen molar-refractivity contribution in [2.75, 3.05) is 7.05 Å². The van der Waals surface area contributed by atoms with Gasteiger partial charge in [0.05, 0.1) is 5.54 Å². The maximum absolute atomic E-state index is 12.7. The molecule has 112 valence electrons. The van der Waals surface area contributed by atoms with Gasteiger partial charge >= 0.3 is 5.97 Å². The second-order valence-electron chi connectivity index (χ2n) is 5.74. The molecule has 4 nitrogen and oxygen atoms in total. The summed E-state index contributed by atoms with van der Waals surface area (Å²) in [7, 11) is 1.67. The van der Waals surface area contributed by atoms with E-state index < -0.39 is 17.4 Å². The second kappa shape index (κ2) is 4.98. The van der Waals surface area contributed by atoms with Gasteiger partial charge in [0.25, 0.3) is 5.91 Å². The molecule has 0 aromatic heterocycles. The van der Waals surface area contributed by atoms with Crippen LogP contribution < -0.4 is 0 Å². The van der Waals surface area contributed by atoms with Gasteiger partial charge in [-0.2, -0.15) is 0 Å². The minimum absolute atomic E-state index is 0.153. The molecule has 1 heterocycles. The van der Waals surface area contributed by atoms with Crippen molar-refractivity contribution in [3.05, 3.63) is 71.3 Å². The molecule has 2 atom stereocenters. The van der Waals surface area contributed by atoms with E-state index in [0.29, 0.717) is 11.1 Å². The molecule has 3 rings (SSSR count). The third-order valence-corrected chi connectivity index (χ3v) is 4.67. The van der Waals surface area contributed by atoms with Gasteiger partial charge in [-0.05, 0) is 24.1 Å². The van der Waals surface area contributed by atoms with Gasteiger partial charge in [-0.3, -0.25) is 9.59 Å². The molecule has 0 aliphatic carbocycles. The van der Waals surface area contributed by atoms with E-state index in [1.165, 1.54) is 0 Å². The SMILES string of the molecule is CN1C(=O)c2ccccc2[C@H](C(=O)O)[C@@]1(C)c1ccccc1. The van der Waals surface area contributed by atoms with E-state index in [-0.39, 0.29) is 5.91 Å². The fourth-order valence-electron chi connectivity index (χ4n) is 3.34. The standard InChI is InChI=1S/C18H17NO3/c1-18(12-8-4-3-5-9-12)15(17(21)22)13-10-6-7-11-14(13)16(20)19(18)2/h3-11,15H,1-2H3,(H,21,22)/t15-,18-/m1/s1. The first kappa shape index (κ1) is 14.3. The lowest BCUT2D eigenvalue weighted by Gasteiger charge is -2.47. The molecule has 4 heteroatoms. The van der Waals surface area contributed by atoms with Crippen LogP contribution in [0, 0.1) is 0 Å². The molecule has 0 spiro atoms. The molecule has 0 bridgehead atoms. The van der Waals surface area contributed by atoms with Gasteiger partial charge in [-0.25, -0.2) is 0 Å². The number of carbonyl (C=O) groups is 2. The number of carbonyl (C=O) groups excluding carboxylic acids is 1. The molecule has 0 saturated heterocycles. The van der Waals surface area contributed by atoms with Crippen molar-refractivity contribution < 1.29 is 14.7 Å². The van der Waals surface area contributed by atoms with Crippen LogP contribution in [-0.4, -0.2) is 28.9 Å². The Hall–Kier alpha value is -2.62. The fourth-order valence-corrected chi connectivity index (χ4v) is 3.34. The summed E-state index contributed by atoms with van der Waals surface area (Å²) in [6, 6.07) is 16.3. The average Bonchev–Trinajstić information content (AvgIpc) is 2.53. The Labute approximate surface area is 129 Å².